The van der Waals surface area contributed by atoms with Crippen molar-refractivity contribution in [3.8, 4) is 0 Å². The summed E-state index contributed by atoms with van der Waals surface area (Å²) < 4.78 is 0. The van der Waals surface area contributed by atoms with E-state index in [2.05, 4.69) is 11.1 Å². The number of hydrogen-bond acceptors (Lipinski definition) is 3. The zero-order valence-electron chi connectivity index (χ0n) is 9.89. The molecule has 0 aliphatic rings. The Bertz CT molecular complexity index is 531. The molecule has 2 N–H and O–H groups in total. The molecule has 17 heavy (non-hydrogen) atoms. The molecule has 1 heterocycles. The van der Waals surface area contributed by atoms with Crippen LogP contribution in [0, 0.1) is 5.92 Å². The molecule has 0 saturated carbocycles. The van der Waals surface area contributed by atoms with E-state index in [9.17, 15) is 4.79 Å². The summed E-state index contributed by atoms with van der Waals surface area (Å²) in [5.74, 6) is 0.0306. The molecule has 0 amide bonds. The van der Waals surface area contributed by atoms with Crippen LogP contribution in [0.15, 0.2) is 36.7 Å². The number of carbonyl (C=O) groups is 1. The SMILES string of the molecule is CC(=O)[C@H](CN)Cc1cncc2ccccc12. The van der Waals surface area contributed by atoms with Crippen LogP contribution in [-0.2, 0) is 11.2 Å². The van der Waals surface area contributed by atoms with Gasteiger partial charge in [0.25, 0.3) is 0 Å². The second-order valence-corrected chi connectivity index (χ2v) is 4.27. The molecule has 1 aromatic carbocycles. The van der Waals surface area contributed by atoms with Crippen LogP contribution in [-0.4, -0.2) is 17.3 Å². The number of hydrogen-bond donors (Lipinski definition) is 1. The van der Waals surface area contributed by atoms with Gasteiger partial charge in [0, 0.05) is 30.2 Å². The first-order valence-electron chi connectivity index (χ1n) is 5.74. The quantitative estimate of drug-likeness (QED) is 0.870. The first-order valence-corrected chi connectivity index (χ1v) is 5.74. The van der Waals surface area contributed by atoms with Gasteiger partial charge in [0.2, 0.25) is 0 Å². The molecule has 1 aromatic heterocycles. The summed E-state index contributed by atoms with van der Waals surface area (Å²) in [6.45, 7) is 1.98. The number of nitrogens with two attached hydrogens (primary N) is 1. The second kappa shape index (κ2) is 5.06. The van der Waals surface area contributed by atoms with E-state index < -0.39 is 0 Å². The lowest BCUT2D eigenvalue weighted by Crippen LogP contribution is -2.23. The fraction of sp³-hybridized carbons (Fsp3) is 0.286. The van der Waals surface area contributed by atoms with Crippen molar-refractivity contribution >= 4 is 16.6 Å². The summed E-state index contributed by atoms with van der Waals surface area (Å²) in [5, 5.41) is 2.26. The predicted molar refractivity (Wildman–Crippen MR) is 68.7 cm³/mol. The number of fused-ring (bicyclic) bond motifs is 1. The number of Topliss-reactive ketones (excluding diaryl/α,β-unsaturated/α-hetero) is 1. The summed E-state index contributed by atoms with van der Waals surface area (Å²) in [6, 6.07) is 8.06. The summed E-state index contributed by atoms with van der Waals surface area (Å²) in [5.41, 5.74) is 6.72. The van der Waals surface area contributed by atoms with Crippen LogP contribution in [0.5, 0.6) is 0 Å². The van der Waals surface area contributed by atoms with Gasteiger partial charge in [0.05, 0.1) is 0 Å². The monoisotopic (exact) mass is 228 g/mol. The summed E-state index contributed by atoms with van der Waals surface area (Å²) in [6.07, 6.45) is 4.33. The third kappa shape index (κ3) is 2.50. The van der Waals surface area contributed by atoms with Crippen molar-refractivity contribution in [2.75, 3.05) is 6.54 Å². The maximum absolute atomic E-state index is 11.4. The van der Waals surface area contributed by atoms with Crippen LogP contribution in [0.2, 0.25) is 0 Å². The molecule has 88 valence electrons. The number of aromatic nitrogens is 1. The van der Waals surface area contributed by atoms with Gasteiger partial charge in [-0.05, 0) is 24.3 Å². The normalized spacial score (nSPS) is 12.6. The average Bonchev–Trinajstić information content (AvgIpc) is 2.35. The zero-order chi connectivity index (χ0) is 12.3. The van der Waals surface area contributed by atoms with E-state index in [1.165, 1.54) is 0 Å². The summed E-state index contributed by atoms with van der Waals surface area (Å²) >= 11 is 0. The van der Waals surface area contributed by atoms with Crippen molar-refractivity contribution in [3.63, 3.8) is 0 Å². The number of ketones is 1. The maximum atomic E-state index is 11.4. The molecule has 0 spiro atoms. The molecule has 0 saturated heterocycles. The number of carbonyl (C=O) groups excluding carboxylic acids is 1. The molecule has 0 bridgehead atoms. The van der Waals surface area contributed by atoms with Crippen molar-refractivity contribution in [3.05, 3.63) is 42.2 Å². The number of nitrogens with zero attached hydrogens (tertiary/aromatic N) is 1. The lowest BCUT2D eigenvalue weighted by Gasteiger charge is -2.12. The van der Waals surface area contributed by atoms with Crippen molar-refractivity contribution in [1.29, 1.82) is 0 Å². The Kier molecular flexibility index (Phi) is 3.49. The summed E-state index contributed by atoms with van der Waals surface area (Å²) in [7, 11) is 0. The molecule has 1 atom stereocenters. The Morgan fingerprint density at radius 3 is 2.82 bits per heavy atom. The second-order valence-electron chi connectivity index (χ2n) is 4.27. The molecule has 3 heteroatoms. The molecular formula is C14H16N2O. The van der Waals surface area contributed by atoms with E-state index in [1.54, 1.807) is 6.92 Å². The lowest BCUT2D eigenvalue weighted by atomic mass is 9.94. The number of benzene rings is 1. The molecule has 0 radical (unpaired) electrons. The molecule has 0 unspecified atom stereocenters. The van der Waals surface area contributed by atoms with E-state index in [0.29, 0.717) is 13.0 Å². The largest absolute Gasteiger partial charge is 0.330 e. The van der Waals surface area contributed by atoms with Crippen LogP contribution in [0.4, 0.5) is 0 Å². The summed E-state index contributed by atoms with van der Waals surface area (Å²) in [4.78, 5) is 15.6. The van der Waals surface area contributed by atoms with Crippen LogP contribution < -0.4 is 5.73 Å². The Labute approximate surface area is 101 Å². The van der Waals surface area contributed by atoms with Gasteiger partial charge in [0.1, 0.15) is 5.78 Å². The van der Waals surface area contributed by atoms with Gasteiger partial charge in [-0.1, -0.05) is 24.3 Å². The van der Waals surface area contributed by atoms with Gasteiger partial charge < -0.3 is 5.73 Å². The molecule has 3 nitrogen and oxygen atoms in total. The highest BCUT2D eigenvalue weighted by Crippen LogP contribution is 2.20. The highest BCUT2D eigenvalue weighted by molar-refractivity contribution is 5.86. The van der Waals surface area contributed by atoms with E-state index in [4.69, 9.17) is 5.73 Å². The highest BCUT2D eigenvalue weighted by Gasteiger charge is 2.14. The van der Waals surface area contributed by atoms with E-state index in [-0.39, 0.29) is 11.7 Å². The Morgan fingerprint density at radius 1 is 1.35 bits per heavy atom. The predicted octanol–water partition coefficient (Wildman–Crippen LogP) is 1.94. The van der Waals surface area contributed by atoms with E-state index in [0.717, 1.165) is 16.3 Å². The number of pyridine rings is 1. The van der Waals surface area contributed by atoms with Gasteiger partial charge in [-0.2, -0.15) is 0 Å². The molecular weight excluding hydrogens is 212 g/mol. The van der Waals surface area contributed by atoms with Crippen molar-refractivity contribution in [1.82, 2.24) is 4.98 Å². The fourth-order valence-electron chi connectivity index (χ4n) is 2.00. The smallest absolute Gasteiger partial charge is 0.134 e. The first-order chi connectivity index (χ1) is 8.22. The number of rotatable bonds is 4. The maximum Gasteiger partial charge on any atom is 0.134 e. The Morgan fingerprint density at radius 2 is 2.12 bits per heavy atom. The molecule has 0 fully saturated rings. The minimum Gasteiger partial charge on any atom is -0.330 e. The fourth-order valence-corrected chi connectivity index (χ4v) is 2.00. The van der Waals surface area contributed by atoms with Crippen molar-refractivity contribution in [2.45, 2.75) is 13.3 Å². The van der Waals surface area contributed by atoms with Crippen molar-refractivity contribution in [2.24, 2.45) is 11.7 Å². The Balaban J connectivity index is 2.38. The average molecular weight is 228 g/mol. The van der Waals surface area contributed by atoms with Crippen LogP contribution in [0.1, 0.15) is 12.5 Å². The van der Waals surface area contributed by atoms with Crippen LogP contribution >= 0.6 is 0 Å². The van der Waals surface area contributed by atoms with Gasteiger partial charge in [0.15, 0.2) is 0 Å². The molecule has 2 rings (SSSR count). The molecule has 2 aromatic rings. The minimum absolute atomic E-state index is 0.109. The third-order valence-electron chi connectivity index (χ3n) is 3.08. The van der Waals surface area contributed by atoms with Gasteiger partial charge in [-0.3, -0.25) is 9.78 Å². The van der Waals surface area contributed by atoms with Crippen molar-refractivity contribution < 1.29 is 4.79 Å². The minimum atomic E-state index is -0.109. The van der Waals surface area contributed by atoms with E-state index in [1.807, 2.05) is 30.6 Å². The zero-order valence-corrected chi connectivity index (χ0v) is 9.89. The Hall–Kier alpha value is -1.74. The van der Waals surface area contributed by atoms with Gasteiger partial charge in [-0.15, -0.1) is 0 Å². The van der Waals surface area contributed by atoms with E-state index >= 15 is 0 Å². The lowest BCUT2D eigenvalue weighted by molar-refractivity contribution is -0.120. The topological polar surface area (TPSA) is 56.0 Å². The first kappa shape index (κ1) is 11.7. The van der Waals surface area contributed by atoms with Gasteiger partial charge >= 0.3 is 0 Å². The van der Waals surface area contributed by atoms with Gasteiger partial charge in [-0.25, -0.2) is 0 Å². The third-order valence-corrected chi connectivity index (χ3v) is 3.08. The molecule has 0 aliphatic heterocycles. The highest BCUT2D eigenvalue weighted by atomic mass is 16.1. The molecule has 0 aliphatic carbocycles. The van der Waals surface area contributed by atoms with Crippen LogP contribution in [0.25, 0.3) is 10.8 Å². The van der Waals surface area contributed by atoms with Crippen LogP contribution in [0.3, 0.4) is 0 Å². The standard InChI is InChI=1S/C14H16N2O/c1-10(17)12(7-15)6-13-9-16-8-11-4-2-3-5-14(11)13/h2-5,8-9,12H,6-7,15H2,1H3/t12-/m0/s1.